The van der Waals surface area contributed by atoms with E-state index in [0.29, 0.717) is 6.42 Å². The van der Waals surface area contributed by atoms with Crippen LogP contribution in [0.5, 0.6) is 0 Å². The molecule has 0 heterocycles. The Morgan fingerprint density at radius 3 is 2.67 bits per heavy atom. The zero-order chi connectivity index (χ0) is 13.7. The second-order valence-electron chi connectivity index (χ2n) is 3.63. The van der Waals surface area contributed by atoms with E-state index in [4.69, 9.17) is 5.11 Å². The van der Waals surface area contributed by atoms with Crippen LogP contribution in [0.25, 0.3) is 0 Å². The molecule has 18 heavy (non-hydrogen) atoms. The summed E-state index contributed by atoms with van der Waals surface area (Å²) < 4.78 is 18.0. The van der Waals surface area contributed by atoms with Crippen LogP contribution >= 0.6 is 0 Å². The Bertz CT molecular complexity index is 461. The van der Waals surface area contributed by atoms with E-state index in [9.17, 15) is 14.0 Å². The molecule has 2 N–H and O–H groups in total. The largest absolute Gasteiger partial charge is 0.478 e. The predicted octanol–water partition coefficient (Wildman–Crippen LogP) is 1.89. The van der Waals surface area contributed by atoms with E-state index >= 15 is 0 Å². The monoisotopic (exact) mass is 255 g/mol. The van der Waals surface area contributed by atoms with Crippen LogP contribution < -0.4 is 5.32 Å². The van der Waals surface area contributed by atoms with Crippen LogP contribution in [-0.2, 0) is 9.53 Å². The number of hydrogen-bond acceptors (Lipinski definition) is 4. The van der Waals surface area contributed by atoms with Crippen LogP contribution in [0.3, 0.4) is 0 Å². The van der Waals surface area contributed by atoms with Crippen molar-refractivity contribution in [3.05, 3.63) is 29.6 Å². The molecule has 1 atom stereocenters. The summed E-state index contributed by atoms with van der Waals surface area (Å²) in [6.07, 6.45) is 0.392. The number of ether oxygens (including phenoxy) is 1. The minimum atomic E-state index is -1.16. The zero-order valence-electron chi connectivity index (χ0n) is 10.1. The number of hydrogen-bond donors (Lipinski definition) is 2. The highest BCUT2D eigenvalue weighted by molar-refractivity contribution is 5.89. The molecule has 1 rings (SSSR count). The van der Waals surface area contributed by atoms with Crippen molar-refractivity contribution in [1.29, 1.82) is 0 Å². The second-order valence-corrected chi connectivity index (χ2v) is 3.63. The van der Waals surface area contributed by atoms with Gasteiger partial charge >= 0.3 is 11.9 Å². The summed E-state index contributed by atoms with van der Waals surface area (Å²) in [5.74, 6) is -2.32. The Morgan fingerprint density at radius 1 is 1.50 bits per heavy atom. The first-order valence-corrected chi connectivity index (χ1v) is 5.36. The number of carboxylic acids is 1. The molecule has 1 aromatic rings. The van der Waals surface area contributed by atoms with Crippen LogP contribution in [0.2, 0.25) is 0 Å². The van der Waals surface area contributed by atoms with Crippen LogP contribution in [-0.4, -0.2) is 30.2 Å². The van der Waals surface area contributed by atoms with Crippen LogP contribution in [0, 0.1) is 5.82 Å². The molecule has 6 heteroatoms. The van der Waals surface area contributed by atoms with E-state index in [1.807, 2.05) is 0 Å². The van der Waals surface area contributed by atoms with Gasteiger partial charge in [0.05, 0.1) is 18.4 Å². The molecule has 0 amide bonds. The molecule has 0 aromatic heterocycles. The molecule has 1 aromatic carbocycles. The smallest absolute Gasteiger partial charge is 0.335 e. The Hall–Kier alpha value is -2.11. The van der Waals surface area contributed by atoms with Gasteiger partial charge in [0.25, 0.3) is 0 Å². The van der Waals surface area contributed by atoms with Crippen LogP contribution in [0.15, 0.2) is 18.2 Å². The van der Waals surface area contributed by atoms with E-state index < -0.39 is 23.8 Å². The summed E-state index contributed by atoms with van der Waals surface area (Å²) in [5.41, 5.74) is -0.0919. The predicted molar refractivity (Wildman–Crippen MR) is 63.1 cm³/mol. The first-order chi connectivity index (χ1) is 8.49. The van der Waals surface area contributed by atoms with Gasteiger partial charge in [-0.25, -0.2) is 14.0 Å². The Balaban J connectivity index is 2.98. The number of anilines is 1. The fourth-order valence-corrected chi connectivity index (χ4v) is 1.43. The number of rotatable bonds is 5. The normalized spacial score (nSPS) is 11.7. The van der Waals surface area contributed by atoms with Gasteiger partial charge in [0.2, 0.25) is 0 Å². The molecule has 0 aliphatic carbocycles. The van der Waals surface area contributed by atoms with Gasteiger partial charge in [0, 0.05) is 0 Å². The fourth-order valence-electron chi connectivity index (χ4n) is 1.43. The second kappa shape index (κ2) is 6.00. The van der Waals surface area contributed by atoms with Crippen molar-refractivity contribution in [2.45, 2.75) is 19.4 Å². The van der Waals surface area contributed by atoms with E-state index in [1.54, 1.807) is 6.92 Å². The molecule has 1 unspecified atom stereocenters. The summed E-state index contributed by atoms with van der Waals surface area (Å²) in [6, 6.07) is 2.62. The lowest BCUT2D eigenvalue weighted by Gasteiger charge is -2.16. The van der Waals surface area contributed by atoms with Gasteiger partial charge in [0.15, 0.2) is 0 Å². The highest BCUT2D eigenvalue weighted by Crippen LogP contribution is 2.18. The van der Waals surface area contributed by atoms with Gasteiger partial charge in [-0.15, -0.1) is 0 Å². The number of carboxylic acid groups (broad SMARTS) is 1. The molecule has 0 aliphatic heterocycles. The van der Waals surface area contributed by atoms with Gasteiger partial charge in [-0.3, -0.25) is 0 Å². The molecular weight excluding hydrogens is 241 g/mol. The van der Waals surface area contributed by atoms with Crippen molar-refractivity contribution >= 4 is 17.6 Å². The first kappa shape index (κ1) is 14.0. The summed E-state index contributed by atoms with van der Waals surface area (Å²) >= 11 is 0. The number of halogens is 1. The molecular formula is C12H14FNO4. The lowest BCUT2D eigenvalue weighted by molar-refractivity contribution is -0.141. The third-order valence-electron chi connectivity index (χ3n) is 2.44. The summed E-state index contributed by atoms with van der Waals surface area (Å²) in [5, 5.41) is 11.4. The Morgan fingerprint density at radius 2 is 2.17 bits per heavy atom. The summed E-state index contributed by atoms with van der Waals surface area (Å²) in [7, 11) is 1.23. The number of esters is 1. The average molecular weight is 255 g/mol. The van der Waals surface area contributed by atoms with Gasteiger partial charge in [-0.1, -0.05) is 6.92 Å². The third kappa shape index (κ3) is 3.19. The minimum absolute atomic E-state index is 0.0350. The van der Waals surface area contributed by atoms with Crippen LogP contribution in [0.1, 0.15) is 23.7 Å². The number of aromatic carboxylic acids is 1. The van der Waals surface area contributed by atoms with Gasteiger partial charge in [-0.2, -0.15) is 0 Å². The molecule has 0 spiro atoms. The Labute approximate surface area is 104 Å². The lowest BCUT2D eigenvalue weighted by atomic mass is 10.1. The van der Waals surface area contributed by atoms with Crippen molar-refractivity contribution in [1.82, 2.24) is 0 Å². The van der Waals surface area contributed by atoms with Gasteiger partial charge < -0.3 is 15.2 Å². The molecule has 5 nitrogen and oxygen atoms in total. The third-order valence-corrected chi connectivity index (χ3v) is 2.44. The summed E-state index contributed by atoms with van der Waals surface area (Å²) in [6.45, 7) is 1.73. The van der Waals surface area contributed by atoms with Crippen LogP contribution in [0.4, 0.5) is 10.1 Å². The zero-order valence-corrected chi connectivity index (χ0v) is 10.1. The van der Waals surface area contributed by atoms with Gasteiger partial charge in [0.1, 0.15) is 11.9 Å². The van der Waals surface area contributed by atoms with E-state index in [2.05, 4.69) is 10.1 Å². The maximum atomic E-state index is 13.5. The van der Waals surface area contributed by atoms with Gasteiger partial charge in [-0.05, 0) is 24.6 Å². The molecule has 0 fully saturated rings. The van der Waals surface area contributed by atoms with Crippen molar-refractivity contribution < 1.29 is 23.8 Å². The number of carbonyl (C=O) groups excluding carboxylic acids is 1. The summed E-state index contributed by atoms with van der Waals surface area (Å²) in [4.78, 5) is 22.1. The Kier molecular flexibility index (Phi) is 4.65. The maximum Gasteiger partial charge on any atom is 0.335 e. The molecule has 0 radical (unpaired) electrons. The average Bonchev–Trinajstić information content (AvgIpc) is 2.36. The topological polar surface area (TPSA) is 75.6 Å². The van der Waals surface area contributed by atoms with Crippen molar-refractivity contribution in [2.75, 3.05) is 12.4 Å². The lowest BCUT2D eigenvalue weighted by Crippen LogP contribution is -2.30. The first-order valence-electron chi connectivity index (χ1n) is 5.36. The number of carbonyl (C=O) groups is 2. The number of methoxy groups -OCH3 is 1. The van der Waals surface area contributed by atoms with Crippen molar-refractivity contribution in [3.63, 3.8) is 0 Å². The number of benzene rings is 1. The highest BCUT2D eigenvalue weighted by atomic mass is 19.1. The van der Waals surface area contributed by atoms with E-state index in [0.717, 1.165) is 18.2 Å². The molecule has 0 aliphatic rings. The SMILES string of the molecule is CCC(Nc1cc(C(=O)O)ccc1F)C(=O)OC. The number of nitrogens with one attached hydrogen (secondary N) is 1. The maximum absolute atomic E-state index is 13.5. The minimum Gasteiger partial charge on any atom is -0.478 e. The van der Waals surface area contributed by atoms with Crippen molar-refractivity contribution in [2.24, 2.45) is 0 Å². The highest BCUT2D eigenvalue weighted by Gasteiger charge is 2.18. The quantitative estimate of drug-likeness (QED) is 0.786. The standard InChI is InChI=1S/C12H14FNO4/c1-3-9(12(17)18-2)14-10-6-7(11(15)16)4-5-8(10)13/h4-6,9,14H,3H2,1-2H3,(H,15,16). The fraction of sp³-hybridized carbons (Fsp3) is 0.333. The van der Waals surface area contributed by atoms with E-state index in [1.165, 1.54) is 7.11 Å². The van der Waals surface area contributed by atoms with E-state index in [-0.39, 0.29) is 11.3 Å². The molecule has 0 saturated carbocycles. The molecule has 98 valence electrons. The molecule has 0 saturated heterocycles. The van der Waals surface area contributed by atoms with Crippen molar-refractivity contribution in [3.8, 4) is 0 Å². The molecule has 0 bridgehead atoms.